The van der Waals surface area contributed by atoms with Gasteiger partial charge in [0.15, 0.2) is 0 Å². The molecule has 2 aliphatic heterocycles. The molecule has 2 fully saturated rings. The highest BCUT2D eigenvalue weighted by Gasteiger charge is 2.58. The third kappa shape index (κ3) is 5.09. The highest BCUT2D eigenvalue weighted by atomic mass is 35.5. The third-order valence-electron chi connectivity index (χ3n) is 7.11. The summed E-state index contributed by atoms with van der Waals surface area (Å²) in [5.74, 6) is 0.805. The van der Waals surface area contributed by atoms with Crippen LogP contribution in [0.2, 0.25) is 10.0 Å². The van der Waals surface area contributed by atoms with Crippen LogP contribution >= 0.6 is 34.5 Å². The maximum Gasteiger partial charge on any atom is 0.419 e. The van der Waals surface area contributed by atoms with Crippen LogP contribution in [0.1, 0.15) is 39.9 Å². The fourth-order valence-electron chi connectivity index (χ4n) is 5.18. The first-order chi connectivity index (χ1) is 18.6. The monoisotopic (exact) mass is 597 g/mol. The lowest BCUT2D eigenvalue weighted by Gasteiger charge is -2.50. The van der Waals surface area contributed by atoms with Gasteiger partial charge < -0.3 is 14.4 Å². The van der Waals surface area contributed by atoms with Gasteiger partial charge in [-0.2, -0.15) is 13.2 Å². The zero-order valence-corrected chi connectivity index (χ0v) is 22.3. The van der Waals surface area contributed by atoms with E-state index in [1.54, 1.807) is 23.8 Å². The van der Waals surface area contributed by atoms with Crippen molar-refractivity contribution >= 4 is 40.5 Å². The van der Waals surface area contributed by atoms with Crippen molar-refractivity contribution in [3.8, 4) is 0 Å². The lowest BCUT2D eigenvalue weighted by atomic mass is 9.71. The molecule has 0 bridgehead atoms. The second-order valence-electron chi connectivity index (χ2n) is 9.71. The van der Waals surface area contributed by atoms with E-state index in [0.29, 0.717) is 59.3 Å². The smallest absolute Gasteiger partial charge is 0.419 e. The average Bonchev–Trinajstić information content (AvgIpc) is 3.64. The van der Waals surface area contributed by atoms with Gasteiger partial charge in [0.25, 0.3) is 0 Å². The van der Waals surface area contributed by atoms with E-state index in [-0.39, 0.29) is 11.9 Å². The van der Waals surface area contributed by atoms with Gasteiger partial charge in [-0.05, 0) is 17.7 Å². The van der Waals surface area contributed by atoms with Crippen LogP contribution in [0.5, 0.6) is 0 Å². The number of rotatable bonds is 6. The minimum absolute atomic E-state index is 0.208. The largest absolute Gasteiger partial charge is 0.425 e. The van der Waals surface area contributed by atoms with Gasteiger partial charge in [0.2, 0.25) is 17.7 Å². The minimum atomic E-state index is -4.51. The summed E-state index contributed by atoms with van der Waals surface area (Å²) >= 11 is 13.5. The lowest BCUT2D eigenvalue weighted by molar-refractivity contribution is -0.138. The van der Waals surface area contributed by atoms with E-state index in [1.807, 2.05) is 15.9 Å². The van der Waals surface area contributed by atoms with Crippen LogP contribution in [-0.4, -0.2) is 61.3 Å². The molecule has 2 saturated heterocycles. The molecule has 204 valence electrons. The van der Waals surface area contributed by atoms with E-state index in [9.17, 15) is 18.3 Å². The van der Waals surface area contributed by atoms with Crippen molar-refractivity contribution in [3.63, 3.8) is 0 Å². The minimum Gasteiger partial charge on any atom is -0.425 e. The van der Waals surface area contributed by atoms with Crippen molar-refractivity contribution in [2.24, 2.45) is 5.41 Å². The van der Waals surface area contributed by atoms with Gasteiger partial charge in [0.1, 0.15) is 6.23 Å². The second-order valence-corrected chi connectivity index (χ2v) is 11.4. The molecule has 4 aromatic rings. The topological polar surface area (TPSA) is 104 Å². The predicted octanol–water partition coefficient (Wildman–Crippen LogP) is 4.83. The van der Waals surface area contributed by atoms with Crippen LogP contribution in [-0.2, 0) is 12.6 Å². The summed E-state index contributed by atoms with van der Waals surface area (Å²) in [4.78, 5) is 16.4. The summed E-state index contributed by atoms with van der Waals surface area (Å²) in [6, 6.07) is 5.27. The average molecular weight is 598 g/mol. The molecule has 5 heterocycles. The Balaban J connectivity index is 1.24. The van der Waals surface area contributed by atoms with Gasteiger partial charge in [-0.3, -0.25) is 9.88 Å². The number of aromatic nitrogens is 5. The SMILES string of the molecule is OC(c1cncs1)N1CC(c2nnc(Cc3ccc(Cl)c(Cl)c3)o2)C2(CN(c3ncc(C(F)(F)F)cn3)C2)C1. The summed E-state index contributed by atoms with van der Waals surface area (Å²) in [6.45, 7) is 1.83. The second kappa shape index (κ2) is 9.97. The number of halogens is 5. The van der Waals surface area contributed by atoms with Crippen molar-refractivity contribution in [1.29, 1.82) is 0 Å². The highest BCUT2D eigenvalue weighted by Crippen LogP contribution is 2.51. The van der Waals surface area contributed by atoms with Crippen LogP contribution in [0.4, 0.5) is 19.1 Å². The molecule has 39 heavy (non-hydrogen) atoms. The maximum atomic E-state index is 12.9. The van der Waals surface area contributed by atoms with Crippen LogP contribution in [0.15, 0.2) is 46.7 Å². The molecule has 2 unspecified atom stereocenters. The van der Waals surface area contributed by atoms with Gasteiger partial charge >= 0.3 is 6.18 Å². The molecular formula is C24H20Cl2F3N7O2S. The molecule has 6 rings (SSSR count). The summed E-state index contributed by atoms with van der Waals surface area (Å²) < 4.78 is 44.9. The molecule has 1 aromatic carbocycles. The number of nitrogens with zero attached hydrogens (tertiary/aromatic N) is 7. The van der Waals surface area contributed by atoms with Crippen molar-refractivity contribution in [1.82, 2.24) is 30.0 Å². The first-order valence-electron chi connectivity index (χ1n) is 11.8. The number of hydrogen-bond donors (Lipinski definition) is 1. The Morgan fingerprint density at radius 3 is 2.54 bits per heavy atom. The first-order valence-corrected chi connectivity index (χ1v) is 13.5. The molecule has 2 atom stereocenters. The molecule has 15 heteroatoms. The van der Waals surface area contributed by atoms with Gasteiger partial charge in [-0.25, -0.2) is 9.97 Å². The standard InChI is InChI=1S/C24H20Cl2F3N7O2S/c25-16-2-1-13(3-17(16)26)4-19-33-34-20(38-19)15-8-35(21(37)18-7-30-12-39-18)9-23(15)10-36(11-23)22-31-5-14(6-32-22)24(27,28)29/h1-3,5-7,12,15,21,37H,4,8-11H2. The fourth-order valence-corrected chi connectivity index (χ4v) is 6.13. The molecule has 9 nitrogen and oxygen atoms in total. The molecule has 1 spiro atoms. The van der Waals surface area contributed by atoms with Crippen LogP contribution in [0.25, 0.3) is 0 Å². The summed E-state index contributed by atoms with van der Waals surface area (Å²) in [5, 5.41) is 20.5. The summed E-state index contributed by atoms with van der Waals surface area (Å²) in [6.07, 6.45) is -1.82. The quantitative estimate of drug-likeness (QED) is 0.334. The number of benzene rings is 1. The fraction of sp³-hybridized carbons (Fsp3) is 0.375. The zero-order chi connectivity index (χ0) is 27.4. The number of anilines is 1. The molecular weight excluding hydrogens is 578 g/mol. The van der Waals surface area contributed by atoms with E-state index < -0.39 is 23.4 Å². The molecule has 0 aliphatic carbocycles. The van der Waals surface area contributed by atoms with Gasteiger partial charge in [0.05, 0.1) is 38.3 Å². The van der Waals surface area contributed by atoms with Crippen LogP contribution < -0.4 is 4.90 Å². The first kappa shape index (κ1) is 26.4. The highest BCUT2D eigenvalue weighted by molar-refractivity contribution is 7.09. The zero-order valence-electron chi connectivity index (χ0n) is 20.0. The Morgan fingerprint density at radius 1 is 1.10 bits per heavy atom. The summed E-state index contributed by atoms with van der Waals surface area (Å²) in [7, 11) is 0. The van der Waals surface area contributed by atoms with Crippen LogP contribution in [0.3, 0.4) is 0 Å². The Morgan fingerprint density at radius 2 is 1.87 bits per heavy atom. The lowest BCUT2D eigenvalue weighted by Crippen LogP contribution is -2.60. The Labute approximate surface area is 234 Å². The van der Waals surface area contributed by atoms with E-state index >= 15 is 0 Å². The number of aliphatic hydroxyl groups excluding tert-OH is 1. The Kier molecular flexibility index (Phi) is 6.74. The Bertz CT molecular complexity index is 1460. The molecule has 3 aromatic heterocycles. The number of aliphatic hydroxyl groups is 1. The van der Waals surface area contributed by atoms with Gasteiger partial charge in [0, 0.05) is 50.2 Å². The molecule has 1 N–H and O–H groups in total. The molecule has 0 amide bonds. The third-order valence-corrected chi connectivity index (χ3v) is 8.66. The number of alkyl halides is 3. The van der Waals surface area contributed by atoms with Crippen molar-refractivity contribution in [2.75, 3.05) is 31.1 Å². The summed E-state index contributed by atoms with van der Waals surface area (Å²) in [5.41, 5.74) is 1.20. The van der Waals surface area contributed by atoms with Crippen LogP contribution in [0, 0.1) is 5.41 Å². The van der Waals surface area contributed by atoms with Gasteiger partial charge in [-0.1, -0.05) is 29.3 Å². The number of hydrogen-bond acceptors (Lipinski definition) is 10. The van der Waals surface area contributed by atoms with E-state index in [4.69, 9.17) is 27.6 Å². The number of thiazole rings is 1. The normalized spacial score (nSPS) is 19.9. The maximum absolute atomic E-state index is 12.9. The van der Waals surface area contributed by atoms with Crippen molar-refractivity contribution < 1.29 is 22.7 Å². The van der Waals surface area contributed by atoms with E-state index in [0.717, 1.165) is 18.0 Å². The molecule has 0 radical (unpaired) electrons. The van der Waals surface area contributed by atoms with Crippen molar-refractivity contribution in [2.45, 2.75) is 24.7 Å². The van der Waals surface area contributed by atoms with Crippen molar-refractivity contribution in [3.05, 3.63) is 80.1 Å². The van der Waals surface area contributed by atoms with E-state index in [2.05, 4.69) is 25.1 Å². The molecule has 2 aliphatic rings. The van der Waals surface area contributed by atoms with E-state index in [1.165, 1.54) is 11.3 Å². The van der Waals surface area contributed by atoms with Gasteiger partial charge in [-0.15, -0.1) is 21.5 Å². The number of likely N-dealkylation sites (tertiary alicyclic amines) is 1. The predicted molar refractivity (Wildman–Crippen MR) is 137 cm³/mol. The Hall–Kier alpha value is -2.84. The molecule has 0 saturated carbocycles.